The van der Waals surface area contributed by atoms with Gasteiger partial charge in [-0.05, 0) is 0 Å². The molecule has 0 spiro atoms. The van der Waals surface area contributed by atoms with E-state index in [1.165, 1.54) is 7.11 Å². The van der Waals surface area contributed by atoms with Gasteiger partial charge in [0.25, 0.3) is 0 Å². The van der Waals surface area contributed by atoms with Gasteiger partial charge in [0, 0.05) is 6.42 Å². The Labute approximate surface area is 72.3 Å². The normalized spacial score (nSPS) is 9.62. The predicted molar refractivity (Wildman–Crippen MR) is 36.0 cm³/mol. The highest BCUT2D eigenvalue weighted by Gasteiger charge is 2.38. The van der Waals surface area contributed by atoms with Crippen molar-refractivity contribution in [3.05, 3.63) is 0 Å². The first-order chi connectivity index (χ1) is 5.75. The smallest absolute Gasteiger partial charge is 0.475 e. The van der Waals surface area contributed by atoms with Gasteiger partial charge in [-0.2, -0.15) is 13.2 Å². The summed E-state index contributed by atoms with van der Waals surface area (Å²) in [6, 6.07) is 0. The molecule has 1 N–H and O–H groups in total. The number of esters is 1. The first-order valence-corrected chi connectivity index (χ1v) is 3.12. The lowest BCUT2D eigenvalue weighted by atomic mass is 10.5. The van der Waals surface area contributed by atoms with Gasteiger partial charge in [-0.3, -0.25) is 4.79 Å². The number of ether oxygens (including phenoxy) is 1. The minimum Gasteiger partial charge on any atom is -0.475 e. The third-order valence-corrected chi connectivity index (χ3v) is 0.759. The van der Waals surface area contributed by atoms with E-state index < -0.39 is 12.1 Å². The molecule has 0 aliphatic rings. The SMILES string of the molecule is CCC(=O)OC.O=C(O)C(F)(F)F. The molecule has 0 amide bonds. The molecule has 0 unspecified atom stereocenters. The number of aliphatic carboxylic acids is 1. The molecule has 0 atom stereocenters. The lowest BCUT2D eigenvalue weighted by Gasteiger charge is -1.93. The van der Waals surface area contributed by atoms with E-state index in [0.29, 0.717) is 6.42 Å². The number of alkyl halides is 3. The van der Waals surface area contributed by atoms with Gasteiger partial charge in [-0.25, -0.2) is 4.79 Å². The summed E-state index contributed by atoms with van der Waals surface area (Å²) in [6.45, 7) is 1.76. The molecule has 0 heterocycles. The minimum absolute atomic E-state index is 0.157. The molecule has 0 fully saturated rings. The fourth-order valence-corrected chi connectivity index (χ4v) is 0.144. The van der Waals surface area contributed by atoms with Crippen LogP contribution in [0.15, 0.2) is 0 Å². The molecule has 0 saturated heterocycles. The van der Waals surface area contributed by atoms with Crippen molar-refractivity contribution in [3.63, 3.8) is 0 Å². The van der Waals surface area contributed by atoms with E-state index in [9.17, 15) is 18.0 Å². The van der Waals surface area contributed by atoms with Crippen LogP contribution in [0.3, 0.4) is 0 Å². The van der Waals surface area contributed by atoms with Crippen molar-refractivity contribution in [2.24, 2.45) is 0 Å². The second-order valence-corrected chi connectivity index (χ2v) is 1.73. The van der Waals surface area contributed by atoms with E-state index in [4.69, 9.17) is 9.90 Å². The lowest BCUT2D eigenvalue weighted by Crippen LogP contribution is -2.21. The number of carboxylic acid groups (broad SMARTS) is 1. The van der Waals surface area contributed by atoms with Gasteiger partial charge in [-0.1, -0.05) is 6.92 Å². The van der Waals surface area contributed by atoms with Crippen molar-refractivity contribution < 1.29 is 32.6 Å². The number of hydrogen-bond acceptors (Lipinski definition) is 3. The van der Waals surface area contributed by atoms with Crippen LogP contribution in [0, 0.1) is 0 Å². The number of methoxy groups -OCH3 is 1. The van der Waals surface area contributed by atoms with E-state index in [1.807, 2.05) is 0 Å². The van der Waals surface area contributed by atoms with Gasteiger partial charge in [0.1, 0.15) is 0 Å². The maximum Gasteiger partial charge on any atom is 0.490 e. The summed E-state index contributed by atoms with van der Waals surface area (Å²) in [5.74, 6) is -2.91. The molecular formula is C6H9F3O4. The highest BCUT2D eigenvalue weighted by molar-refractivity contribution is 5.73. The van der Waals surface area contributed by atoms with Crippen LogP contribution in [0.1, 0.15) is 13.3 Å². The van der Waals surface area contributed by atoms with Gasteiger partial charge >= 0.3 is 18.1 Å². The number of halogens is 3. The Balaban J connectivity index is 0. The average molecular weight is 202 g/mol. The third-order valence-electron chi connectivity index (χ3n) is 0.759. The largest absolute Gasteiger partial charge is 0.490 e. The quantitative estimate of drug-likeness (QED) is 0.649. The molecule has 0 aromatic rings. The van der Waals surface area contributed by atoms with Gasteiger partial charge in [0.05, 0.1) is 7.11 Å². The maximum atomic E-state index is 10.6. The number of carboxylic acids is 1. The first-order valence-electron chi connectivity index (χ1n) is 3.12. The summed E-state index contributed by atoms with van der Waals surface area (Å²) >= 11 is 0. The number of rotatable bonds is 1. The molecule has 0 aliphatic heterocycles. The summed E-state index contributed by atoms with van der Waals surface area (Å²) in [7, 11) is 1.38. The zero-order valence-corrected chi connectivity index (χ0v) is 7.01. The summed E-state index contributed by atoms with van der Waals surface area (Å²) < 4.78 is 36.0. The predicted octanol–water partition coefficient (Wildman–Crippen LogP) is 1.20. The van der Waals surface area contributed by atoms with E-state index in [2.05, 4.69) is 4.74 Å². The van der Waals surface area contributed by atoms with Crippen LogP contribution >= 0.6 is 0 Å². The van der Waals surface area contributed by atoms with Gasteiger partial charge in [0.2, 0.25) is 0 Å². The molecule has 0 radical (unpaired) electrons. The summed E-state index contributed by atoms with van der Waals surface area (Å²) in [6.07, 6.45) is -4.61. The van der Waals surface area contributed by atoms with Crippen molar-refractivity contribution in [1.82, 2.24) is 0 Å². The average Bonchev–Trinajstić information content (AvgIpc) is 2.02. The Morgan fingerprint density at radius 2 is 1.69 bits per heavy atom. The Morgan fingerprint density at radius 3 is 1.69 bits per heavy atom. The van der Waals surface area contributed by atoms with Crippen LogP contribution in [0.5, 0.6) is 0 Å². The highest BCUT2D eigenvalue weighted by Crippen LogP contribution is 2.13. The molecule has 78 valence electrons. The topological polar surface area (TPSA) is 63.6 Å². The molecule has 4 nitrogen and oxygen atoms in total. The van der Waals surface area contributed by atoms with E-state index >= 15 is 0 Å². The summed E-state index contributed by atoms with van der Waals surface area (Å²) in [4.78, 5) is 18.9. The monoisotopic (exact) mass is 202 g/mol. The highest BCUT2D eigenvalue weighted by atomic mass is 19.4. The van der Waals surface area contributed by atoms with Gasteiger partial charge in [0.15, 0.2) is 0 Å². The second-order valence-electron chi connectivity index (χ2n) is 1.73. The van der Waals surface area contributed by atoms with Crippen LogP contribution < -0.4 is 0 Å². The van der Waals surface area contributed by atoms with Crippen LogP contribution in [-0.2, 0) is 14.3 Å². The van der Waals surface area contributed by atoms with Crippen molar-refractivity contribution in [2.75, 3.05) is 7.11 Å². The molecule has 0 bridgehead atoms. The van der Waals surface area contributed by atoms with Crippen molar-refractivity contribution in [3.8, 4) is 0 Å². The van der Waals surface area contributed by atoms with Crippen molar-refractivity contribution in [1.29, 1.82) is 0 Å². The molecular weight excluding hydrogens is 193 g/mol. The Morgan fingerprint density at radius 1 is 1.38 bits per heavy atom. The molecule has 0 aromatic carbocycles. The number of carbonyl (C=O) groups is 2. The standard InChI is InChI=1S/C4H8O2.C2HF3O2/c1-3-4(5)6-2;3-2(4,5)1(6)7/h3H2,1-2H3;(H,6,7). The van der Waals surface area contributed by atoms with E-state index in [-0.39, 0.29) is 5.97 Å². The minimum atomic E-state index is -5.08. The van der Waals surface area contributed by atoms with Gasteiger partial charge in [-0.15, -0.1) is 0 Å². The van der Waals surface area contributed by atoms with E-state index in [1.54, 1.807) is 6.92 Å². The molecule has 13 heavy (non-hydrogen) atoms. The van der Waals surface area contributed by atoms with E-state index in [0.717, 1.165) is 0 Å². The molecule has 0 rings (SSSR count). The van der Waals surface area contributed by atoms with Crippen LogP contribution in [0.4, 0.5) is 13.2 Å². The maximum absolute atomic E-state index is 10.6. The summed E-state index contributed by atoms with van der Waals surface area (Å²) in [5.41, 5.74) is 0. The Hall–Kier alpha value is -1.27. The lowest BCUT2D eigenvalue weighted by molar-refractivity contribution is -0.192. The van der Waals surface area contributed by atoms with Crippen LogP contribution in [-0.4, -0.2) is 30.3 Å². The molecule has 0 aromatic heterocycles. The second kappa shape index (κ2) is 6.27. The zero-order valence-electron chi connectivity index (χ0n) is 7.01. The number of hydrogen-bond donors (Lipinski definition) is 1. The molecule has 0 aliphatic carbocycles. The summed E-state index contributed by atoms with van der Waals surface area (Å²) in [5, 5.41) is 7.12. The zero-order chi connectivity index (χ0) is 11.1. The fourth-order valence-electron chi connectivity index (χ4n) is 0.144. The molecule has 0 saturated carbocycles. The fraction of sp³-hybridized carbons (Fsp3) is 0.667. The third kappa shape index (κ3) is 10.7. The van der Waals surface area contributed by atoms with Crippen molar-refractivity contribution in [2.45, 2.75) is 19.5 Å². The Kier molecular flexibility index (Phi) is 6.88. The van der Waals surface area contributed by atoms with Crippen LogP contribution in [0.25, 0.3) is 0 Å². The Bertz CT molecular complexity index is 169. The van der Waals surface area contributed by atoms with Crippen molar-refractivity contribution >= 4 is 11.9 Å². The van der Waals surface area contributed by atoms with Gasteiger partial charge < -0.3 is 9.84 Å². The first kappa shape index (κ1) is 14.3. The van der Waals surface area contributed by atoms with Crippen LogP contribution in [0.2, 0.25) is 0 Å². The molecule has 7 heteroatoms. The number of carbonyl (C=O) groups excluding carboxylic acids is 1.